The highest BCUT2D eigenvalue weighted by molar-refractivity contribution is 5.31. The minimum atomic E-state index is 0.505. The van der Waals surface area contributed by atoms with Gasteiger partial charge >= 0.3 is 0 Å². The zero-order valence-corrected chi connectivity index (χ0v) is 12.8. The van der Waals surface area contributed by atoms with Gasteiger partial charge in [0.15, 0.2) is 0 Å². The molecule has 1 aromatic rings. The van der Waals surface area contributed by atoms with Gasteiger partial charge in [0.25, 0.3) is 0 Å². The van der Waals surface area contributed by atoms with Crippen molar-refractivity contribution in [2.24, 2.45) is 11.8 Å². The summed E-state index contributed by atoms with van der Waals surface area (Å²) in [5.41, 5.74) is 1.22. The van der Waals surface area contributed by atoms with Crippen LogP contribution in [0.2, 0.25) is 0 Å². The summed E-state index contributed by atoms with van der Waals surface area (Å²) in [6, 6.07) is 0. The molecule has 106 valence electrons. The summed E-state index contributed by atoms with van der Waals surface area (Å²) >= 11 is 0. The van der Waals surface area contributed by atoms with Crippen molar-refractivity contribution < 1.29 is 0 Å². The first-order chi connectivity index (χ1) is 9.06. The summed E-state index contributed by atoms with van der Waals surface area (Å²) in [5.74, 6) is 3.13. The van der Waals surface area contributed by atoms with Gasteiger partial charge < -0.3 is 4.90 Å². The molecule has 2 heterocycles. The molecule has 0 amide bonds. The molecule has 0 N–H and O–H groups in total. The largest absolute Gasteiger partial charge is 0.341 e. The number of anilines is 1. The Morgan fingerprint density at radius 1 is 1.11 bits per heavy atom. The van der Waals surface area contributed by atoms with E-state index >= 15 is 0 Å². The van der Waals surface area contributed by atoms with Crippen LogP contribution in [0.3, 0.4) is 0 Å². The summed E-state index contributed by atoms with van der Waals surface area (Å²) in [6.45, 7) is 11.2. The molecule has 3 heteroatoms. The molecule has 0 spiro atoms. The lowest BCUT2D eigenvalue weighted by Gasteiger charge is -2.32. The second kappa shape index (κ2) is 6.36. The molecule has 1 aliphatic rings. The van der Waals surface area contributed by atoms with E-state index in [1.54, 1.807) is 0 Å². The fraction of sp³-hybridized carbons (Fsp3) is 0.750. The third-order valence-electron chi connectivity index (χ3n) is 4.03. The Bertz CT molecular complexity index is 375. The van der Waals surface area contributed by atoms with Gasteiger partial charge in [-0.2, -0.15) is 0 Å². The predicted octanol–water partition coefficient (Wildman–Crippen LogP) is 3.86. The highest BCUT2D eigenvalue weighted by Crippen LogP contribution is 2.26. The smallest absolute Gasteiger partial charge is 0.225 e. The van der Waals surface area contributed by atoms with Crippen molar-refractivity contribution in [1.82, 2.24) is 9.97 Å². The molecular formula is C16H27N3. The van der Waals surface area contributed by atoms with Gasteiger partial charge in [0, 0.05) is 25.5 Å². The van der Waals surface area contributed by atoms with Gasteiger partial charge in [-0.15, -0.1) is 0 Å². The fourth-order valence-corrected chi connectivity index (χ4v) is 2.83. The van der Waals surface area contributed by atoms with Crippen molar-refractivity contribution in [2.75, 3.05) is 18.0 Å². The molecule has 0 saturated carbocycles. The van der Waals surface area contributed by atoms with Crippen LogP contribution in [-0.4, -0.2) is 23.1 Å². The summed E-state index contributed by atoms with van der Waals surface area (Å²) in [4.78, 5) is 11.4. The van der Waals surface area contributed by atoms with Gasteiger partial charge in [0.1, 0.15) is 0 Å². The summed E-state index contributed by atoms with van der Waals surface area (Å²) in [6.07, 6.45) is 7.89. The average molecular weight is 261 g/mol. The molecule has 1 aliphatic heterocycles. The Morgan fingerprint density at radius 3 is 2.16 bits per heavy atom. The maximum absolute atomic E-state index is 4.52. The Kier molecular flexibility index (Phi) is 4.78. The minimum absolute atomic E-state index is 0.505. The first-order valence-corrected chi connectivity index (χ1v) is 7.63. The molecule has 0 radical (unpaired) electrons. The van der Waals surface area contributed by atoms with Gasteiger partial charge in [-0.05, 0) is 42.6 Å². The van der Waals surface area contributed by atoms with Crippen LogP contribution in [0.25, 0.3) is 0 Å². The zero-order valence-electron chi connectivity index (χ0n) is 12.8. The maximum Gasteiger partial charge on any atom is 0.225 e. The van der Waals surface area contributed by atoms with E-state index in [9.17, 15) is 0 Å². The Labute approximate surface area is 117 Å². The number of piperidine rings is 1. The van der Waals surface area contributed by atoms with Crippen LogP contribution < -0.4 is 4.90 Å². The van der Waals surface area contributed by atoms with E-state index in [0.29, 0.717) is 5.92 Å². The number of aromatic nitrogens is 2. The van der Waals surface area contributed by atoms with E-state index in [1.165, 1.54) is 24.8 Å². The van der Waals surface area contributed by atoms with Crippen LogP contribution in [0.1, 0.15) is 58.4 Å². The van der Waals surface area contributed by atoms with Crippen molar-refractivity contribution in [3.8, 4) is 0 Å². The van der Waals surface area contributed by atoms with E-state index in [2.05, 4.69) is 42.6 Å². The molecule has 0 atom stereocenters. The molecule has 0 bridgehead atoms. The quantitative estimate of drug-likeness (QED) is 0.824. The van der Waals surface area contributed by atoms with Gasteiger partial charge in [-0.1, -0.05) is 27.7 Å². The Hall–Kier alpha value is -1.12. The summed E-state index contributed by atoms with van der Waals surface area (Å²) in [7, 11) is 0. The monoisotopic (exact) mass is 261 g/mol. The third kappa shape index (κ3) is 3.92. The number of hydrogen-bond donors (Lipinski definition) is 0. The molecule has 1 fully saturated rings. The van der Waals surface area contributed by atoms with Gasteiger partial charge in [-0.3, -0.25) is 0 Å². The standard InChI is InChI=1S/C16H27N3/c1-12(2)9-14-5-7-19(8-6-14)16-17-10-15(11-18-16)13(3)4/h10-14H,5-9H2,1-4H3. The molecule has 1 saturated heterocycles. The molecule has 0 aliphatic carbocycles. The van der Waals surface area contributed by atoms with E-state index in [1.807, 2.05) is 12.4 Å². The molecule has 2 rings (SSSR count). The zero-order chi connectivity index (χ0) is 13.8. The normalized spacial score (nSPS) is 17.5. The van der Waals surface area contributed by atoms with Crippen molar-refractivity contribution in [1.29, 1.82) is 0 Å². The van der Waals surface area contributed by atoms with Crippen LogP contribution in [-0.2, 0) is 0 Å². The van der Waals surface area contributed by atoms with Crippen molar-refractivity contribution >= 4 is 5.95 Å². The Morgan fingerprint density at radius 2 is 1.68 bits per heavy atom. The molecule has 3 nitrogen and oxygen atoms in total. The molecule has 1 aromatic heterocycles. The van der Waals surface area contributed by atoms with Gasteiger partial charge in [-0.25, -0.2) is 9.97 Å². The van der Waals surface area contributed by atoms with Crippen LogP contribution in [0, 0.1) is 11.8 Å². The SMILES string of the molecule is CC(C)CC1CCN(c2ncc(C(C)C)cn2)CC1. The fourth-order valence-electron chi connectivity index (χ4n) is 2.83. The topological polar surface area (TPSA) is 29.0 Å². The molecule has 19 heavy (non-hydrogen) atoms. The number of hydrogen-bond acceptors (Lipinski definition) is 3. The van der Waals surface area contributed by atoms with Crippen LogP contribution >= 0.6 is 0 Å². The predicted molar refractivity (Wildman–Crippen MR) is 80.5 cm³/mol. The minimum Gasteiger partial charge on any atom is -0.341 e. The lowest BCUT2D eigenvalue weighted by molar-refractivity contribution is 0.336. The van der Waals surface area contributed by atoms with Gasteiger partial charge in [0.05, 0.1) is 0 Å². The van der Waals surface area contributed by atoms with Crippen LogP contribution in [0.5, 0.6) is 0 Å². The Balaban J connectivity index is 1.90. The van der Waals surface area contributed by atoms with Crippen molar-refractivity contribution in [3.05, 3.63) is 18.0 Å². The summed E-state index contributed by atoms with van der Waals surface area (Å²) < 4.78 is 0. The van der Waals surface area contributed by atoms with E-state index in [4.69, 9.17) is 0 Å². The second-order valence-electron chi connectivity index (χ2n) is 6.53. The first kappa shape index (κ1) is 14.3. The first-order valence-electron chi connectivity index (χ1n) is 7.63. The van der Waals surface area contributed by atoms with E-state index < -0.39 is 0 Å². The number of rotatable bonds is 4. The number of nitrogens with zero attached hydrogens (tertiary/aromatic N) is 3. The summed E-state index contributed by atoms with van der Waals surface area (Å²) in [5, 5.41) is 0. The third-order valence-corrected chi connectivity index (χ3v) is 4.03. The molecule has 0 unspecified atom stereocenters. The lowest BCUT2D eigenvalue weighted by atomic mass is 9.89. The van der Waals surface area contributed by atoms with Gasteiger partial charge in [0.2, 0.25) is 5.95 Å². The molecule has 0 aromatic carbocycles. The van der Waals surface area contributed by atoms with Crippen LogP contribution in [0.4, 0.5) is 5.95 Å². The highest BCUT2D eigenvalue weighted by Gasteiger charge is 2.21. The molecular weight excluding hydrogens is 234 g/mol. The van der Waals surface area contributed by atoms with E-state index in [-0.39, 0.29) is 0 Å². The maximum atomic E-state index is 4.52. The van der Waals surface area contributed by atoms with Crippen molar-refractivity contribution in [2.45, 2.75) is 52.9 Å². The second-order valence-corrected chi connectivity index (χ2v) is 6.53. The van der Waals surface area contributed by atoms with Crippen LogP contribution in [0.15, 0.2) is 12.4 Å². The van der Waals surface area contributed by atoms with Crippen molar-refractivity contribution in [3.63, 3.8) is 0 Å². The van der Waals surface area contributed by atoms with E-state index in [0.717, 1.165) is 30.9 Å². The lowest BCUT2D eigenvalue weighted by Crippen LogP contribution is -2.35. The average Bonchev–Trinajstić information content (AvgIpc) is 2.39. The highest BCUT2D eigenvalue weighted by atomic mass is 15.2.